The Labute approximate surface area is 217 Å². The molecule has 0 saturated carbocycles. The van der Waals surface area contributed by atoms with Crippen LogP contribution in [0.3, 0.4) is 0 Å². The first-order chi connectivity index (χ1) is 16.4. The van der Waals surface area contributed by atoms with E-state index in [1.165, 1.54) is 12.0 Å². The predicted octanol–water partition coefficient (Wildman–Crippen LogP) is 4.02. The van der Waals surface area contributed by atoms with E-state index in [4.69, 9.17) is 27.9 Å². The van der Waals surface area contributed by atoms with Gasteiger partial charge in [0.15, 0.2) is 0 Å². The summed E-state index contributed by atoms with van der Waals surface area (Å²) >= 11 is 12.7. The smallest absolute Gasteiger partial charge is 0.244 e. The fourth-order valence-electron chi connectivity index (χ4n) is 3.42. The summed E-state index contributed by atoms with van der Waals surface area (Å²) in [6.45, 7) is 5.10. The SMILES string of the molecule is CCCNC(=O)C(C)N(Cc1c(Cl)cccc1Cl)C(=O)CN(c1cc(C)ccc1OC)S(C)(=O)=O. The number of hydrogen-bond donors (Lipinski definition) is 1. The molecule has 8 nitrogen and oxygen atoms in total. The summed E-state index contributed by atoms with van der Waals surface area (Å²) in [6.07, 6.45) is 1.73. The van der Waals surface area contributed by atoms with E-state index in [-0.39, 0.29) is 18.1 Å². The van der Waals surface area contributed by atoms with E-state index in [1.54, 1.807) is 50.2 Å². The molecule has 1 atom stereocenters. The molecule has 2 aromatic rings. The van der Waals surface area contributed by atoms with Crippen LogP contribution in [-0.2, 0) is 26.2 Å². The van der Waals surface area contributed by atoms with Gasteiger partial charge in [-0.05, 0) is 50.1 Å². The number of nitrogens with one attached hydrogen (secondary N) is 1. The van der Waals surface area contributed by atoms with Gasteiger partial charge in [-0.25, -0.2) is 8.42 Å². The molecule has 11 heteroatoms. The molecular weight excluding hydrogens is 513 g/mol. The van der Waals surface area contributed by atoms with E-state index in [1.807, 2.05) is 6.92 Å². The minimum Gasteiger partial charge on any atom is -0.495 e. The van der Waals surface area contributed by atoms with Crippen molar-refractivity contribution in [2.24, 2.45) is 0 Å². The van der Waals surface area contributed by atoms with Gasteiger partial charge >= 0.3 is 0 Å². The summed E-state index contributed by atoms with van der Waals surface area (Å²) in [5.74, 6) is -0.681. The fraction of sp³-hybridized carbons (Fsp3) is 0.417. The number of methoxy groups -OCH3 is 1. The lowest BCUT2D eigenvalue weighted by Gasteiger charge is -2.32. The third-order valence-electron chi connectivity index (χ3n) is 5.39. The van der Waals surface area contributed by atoms with Gasteiger partial charge in [0.25, 0.3) is 0 Å². The van der Waals surface area contributed by atoms with Crippen molar-refractivity contribution < 1.29 is 22.7 Å². The Morgan fingerprint density at radius 1 is 1.14 bits per heavy atom. The summed E-state index contributed by atoms with van der Waals surface area (Å²) < 4.78 is 31.8. The van der Waals surface area contributed by atoms with E-state index in [9.17, 15) is 18.0 Å². The predicted molar refractivity (Wildman–Crippen MR) is 140 cm³/mol. The molecule has 0 aliphatic rings. The molecule has 0 aromatic heterocycles. The highest BCUT2D eigenvalue weighted by molar-refractivity contribution is 7.92. The third-order valence-corrected chi connectivity index (χ3v) is 7.22. The van der Waals surface area contributed by atoms with Gasteiger partial charge < -0.3 is 15.0 Å². The highest BCUT2D eigenvalue weighted by atomic mass is 35.5. The number of carbonyl (C=O) groups is 2. The largest absolute Gasteiger partial charge is 0.495 e. The standard InChI is InChI=1S/C24H31Cl2N3O5S/c1-6-12-27-24(31)17(3)28(14-18-19(25)8-7-9-20(18)26)23(30)15-29(35(5,32)33)21-13-16(2)10-11-22(21)34-4/h7-11,13,17H,6,12,14-15H2,1-5H3,(H,27,31). The van der Waals surface area contributed by atoms with Crippen molar-refractivity contribution in [3.8, 4) is 5.75 Å². The molecule has 0 fully saturated rings. The van der Waals surface area contributed by atoms with Crippen LogP contribution in [-0.4, -0.2) is 57.6 Å². The number of nitrogens with zero attached hydrogens (tertiary/aromatic N) is 2. The molecule has 35 heavy (non-hydrogen) atoms. The molecule has 1 N–H and O–H groups in total. The molecule has 0 bridgehead atoms. The van der Waals surface area contributed by atoms with Crippen LogP contribution in [0.5, 0.6) is 5.75 Å². The van der Waals surface area contributed by atoms with Gasteiger partial charge in [0, 0.05) is 28.7 Å². The Hall–Kier alpha value is -2.49. The summed E-state index contributed by atoms with van der Waals surface area (Å²) in [5, 5.41) is 3.43. The van der Waals surface area contributed by atoms with E-state index < -0.39 is 28.5 Å². The Bertz CT molecular complexity index is 1150. The van der Waals surface area contributed by atoms with E-state index in [2.05, 4.69) is 5.32 Å². The second kappa shape index (κ2) is 12.5. The first-order valence-electron chi connectivity index (χ1n) is 11.0. The second-order valence-electron chi connectivity index (χ2n) is 8.13. The van der Waals surface area contributed by atoms with Crippen LogP contribution in [0.15, 0.2) is 36.4 Å². The molecule has 1 unspecified atom stereocenters. The van der Waals surface area contributed by atoms with Crippen molar-refractivity contribution in [1.29, 1.82) is 0 Å². The van der Waals surface area contributed by atoms with Crippen LogP contribution in [0, 0.1) is 6.92 Å². The van der Waals surface area contributed by atoms with Crippen LogP contribution in [0.25, 0.3) is 0 Å². The molecule has 0 spiro atoms. The van der Waals surface area contributed by atoms with Crippen LogP contribution in [0.2, 0.25) is 10.0 Å². The Kier molecular flexibility index (Phi) is 10.2. The van der Waals surface area contributed by atoms with Gasteiger partial charge in [-0.2, -0.15) is 0 Å². The second-order valence-corrected chi connectivity index (χ2v) is 10.9. The van der Waals surface area contributed by atoms with Crippen molar-refractivity contribution in [1.82, 2.24) is 10.2 Å². The van der Waals surface area contributed by atoms with Crippen LogP contribution < -0.4 is 14.4 Å². The Balaban J connectivity index is 2.50. The number of rotatable bonds is 11. The van der Waals surface area contributed by atoms with Gasteiger partial charge in [0.05, 0.1) is 19.1 Å². The van der Waals surface area contributed by atoms with Crippen molar-refractivity contribution in [3.63, 3.8) is 0 Å². The maximum atomic E-state index is 13.6. The number of ether oxygens (including phenoxy) is 1. The molecule has 2 amide bonds. The molecule has 0 heterocycles. The average molecular weight is 545 g/mol. The first kappa shape index (κ1) is 28.7. The van der Waals surface area contributed by atoms with Crippen molar-refractivity contribution in [3.05, 3.63) is 57.6 Å². The van der Waals surface area contributed by atoms with Gasteiger partial charge in [0.1, 0.15) is 18.3 Å². The highest BCUT2D eigenvalue weighted by Crippen LogP contribution is 2.32. The number of amides is 2. The summed E-state index contributed by atoms with van der Waals surface area (Å²) in [6, 6.07) is 9.06. The summed E-state index contributed by atoms with van der Waals surface area (Å²) in [7, 11) is -2.47. The zero-order chi connectivity index (χ0) is 26.3. The number of benzene rings is 2. The number of anilines is 1. The van der Waals surface area contributed by atoms with Gasteiger partial charge in [0.2, 0.25) is 21.8 Å². The number of hydrogen-bond acceptors (Lipinski definition) is 5. The molecule has 2 rings (SSSR count). The topological polar surface area (TPSA) is 96.0 Å². The Morgan fingerprint density at radius 3 is 2.31 bits per heavy atom. The Morgan fingerprint density at radius 2 is 1.77 bits per heavy atom. The molecule has 192 valence electrons. The zero-order valence-corrected chi connectivity index (χ0v) is 22.8. The van der Waals surface area contributed by atoms with E-state index >= 15 is 0 Å². The molecule has 2 aromatic carbocycles. The van der Waals surface area contributed by atoms with Crippen molar-refractivity contribution in [2.75, 3.05) is 30.8 Å². The lowest BCUT2D eigenvalue weighted by molar-refractivity contribution is -0.139. The number of sulfonamides is 1. The number of halogens is 2. The average Bonchev–Trinajstić information content (AvgIpc) is 2.79. The van der Waals surface area contributed by atoms with Crippen LogP contribution in [0.4, 0.5) is 5.69 Å². The van der Waals surface area contributed by atoms with Crippen molar-refractivity contribution >= 4 is 50.7 Å². The molecule has 0 aliphatic heterocycles. The van der Waals surface area contributed by atoms with Crippen molar-refractivity contribution in [2.45, 2.75) is 39.8 Å². The van der Waals surface area contributed by atoms with Gasteiger partial charge in [-0.15, -0.1) is 0 Å². The van der Waals surface area contributed by atoms with Gasteiger partial charge in [-0.3, -0.25) is 13.9 Å². The minimum absolute atomic E-state index is 0.0827. The first-order valence-corrected chi connectivity index (χ1v) is 13.6. The lowest BCUT2D eigenvalue weighted by Crippen LogP contribution is -2.51. The minimum atomic E-state index is -3.89. The lowest BCUT2D eigenvalue weighted by atomic mass is 10.1. The fourth-order valence-corrected chi connectivity index (χ4v) is 4.78. The van der Waals surface area contributed by atoms with Gasteiger partial charge in [-0.1, -0.05) is 42.3 Å². The third kappa shape index (κ3) is 7.49. The molecule has 0 aliphatic carbocycles. The van der Waals surface area contributed by atoms with Crippen LogP contribution >= 0.6 is 23.2 Å². The molecular formula is C24H31Cl2N3O5S. The zero-order valence-electron chi connectivity index (χ0n) is 20.5. The summed E-state index contributed by atoms with van der Waals surface area (Å²) in [5.41, 5.74) is 1.47. The number of carbonyl (C=O) groups excluding carboxylic acids is 2. The van der Waals surface area contributed by atoms with E-state index in [0.717, 1.165) is 22.5 Å². The monoisotopic (exact) mass is 543 g/mol. The maximum Gasteiger partial charge on any atom is 0.244 e. The quantitative estimate of drug-likeness (QED) is 0.461. The number of aryl methyl sites for hydroxylation is 1. The molecule has 0 radical (unpaired) electrons. The summed E-state index contributed by atoms with van der Waals surface area (Å²) in [4.78, 5) is 27.7. The molecule has 0 saturated heterocycles. The van der Waals surface area contributed by atoms with E-state index in [0.29, 0.717) is 27.9 Å². The normalized spacial score (nSPS) is 12.1. The maximum absolute atomic E-state index is 13.6. The van der Waals surface area contributed by atoms with Crippen LogP contribution in [0.1, 0.15) is 31.4 Å². The highest BCUT2D eigenvalue weighted by Gasteiger charge is 2.31.